The van der Waals surface area contributed by atoms with Crippen molar-refractivity contribution in [2.45, 2.75) is 5.25 Å². The normalized spacial score (nSPS) is 14.6. The number of rotatable bonds is 4. The molecule has 6 nitrogen and oxygen atoms in total. The molecule has 1 aliphatic heterocycles. The molecule has 1 heterocycles. The lowest BCUT2D eigenvalue weighted by atomic mass is 9.92. The topological polar surface area (TPSA) is 80.8 Å². The SMILES string of the molecule is O=C1c2c(F)c(F)c(F)c3c(F)c(F)c(OS(=O)(=O)C(F)(F)CF)c(c23)C(=O)N1F. The molecule has 0 radical (unpaired) electrons. The van der Waals surface area contributed by atoms with Crippen LogP contribution in [0.2, 0.25) is 0 Å². The van der Waals surface area contributed by atoms with Gasteiger partial charge in [0.2, 0.25) is 5.82 Å². The number of hydrogen-bond donors (Lipinski definition) is 0. The van der Waals surface area contributed by atoms with E-state index in [0.29, 0.717) is 0 Å². The molecule has 16 heteroatoms. The van der Waals surface area contributed by atoms with Gasteiger partial charge in [0.05, 0.1) is 16.5 Å². The lowest BCUT2D eigenvalue weighted by Crippen LogP contribution is -2.38. The lowest BCUT2D eigenvalue weighted by Gasteiger charge is -2.24. The molecule has 0 aromatic heterocycles. The van der Waals surface area contributed by atoms with Crippen LogP contribution in [0.4, 0.5) is 39.6 Å². The summed E-state index contributed by atoms with van der Waals surface area (Å²) in [4.78, 5) is 23.7. The smallest absolute Gasteiger partial charge is 0.374 e. The number of benzene rings is 2. The molecular weight excluding hydrogens is 465 g/mol. The second kappa shape index (κ2) is 6.48. The van der Waals surface area contributed by atoms with Crippen LogP contribution in [0.1, 0.15) is 20.7 Å². The Labute approximate surface area is 158 Å². The molecule has 162 valence electrons. The average Bonchev–Trinajstić information content (AvgIpc) is 2.67. The summed E-state index contributed by atoms with van der Waals surface area (Å²) in [6.45, 7) is -2.94. The second-order valence-electron chi connectivity index (χ2n) is 5.60. The Morgan fingerprint density at radius 3 is 1.83 bits per heavy atom. The van der Waals surface area contributed by atoms with E-state index in [4.69, 9.17) is 0 Å². The van der Waals surface area contributed by atoms with E-state index in [-0.39, 0.29) is 0 Å². The minimum atomic E-state index is -6.53. The Hall–Kier alpha value is -3.04. The number of imide groups is 1. The summed E-state index contributed by atoms with van der Waals surface area (Å²) in [6.07, 6.45) is 0. The standard InChI is InChI=1S/C14H2F9NO5S/c15-1-14(21,22)30(27,28)29-11-5-2-3(7(17)10(11)20)6(16)9(19)8(18)4(2)12(25)24(23)13(5)26/h1H2. The molecule has 1 aliphatic rings. The van der Waals surface area contributed by atoms with E-state index in [0.717, 1.165) is 0 Å². The first-order valence-corrected chi connectivity index (χ1v) is 8.53. The molecule has 30 heavy (non-hydrogen) atoms. The highest BCUT2D eigenvalue weighted by Gasteiger charge is 2.50. The Morgan fingerprint density at radius 1 is 0.800 bits per heavy atom. The van der Waals surface area contributed by atoms with Crippen LogP contribution in [0.25, 0.3) is 10.8 Å². The van der Waals surface area contributed by atoms with Crippen LogP contribution in [-0.2, 0) is 10.1 Å². The summed E-state index contributed by atoms with van der Waals surface area (Å²) < 4.78 is 149. The molecule has 0 saturated heterocycles. The summed E-state index contributed by atoms with van der Waals surface area (Å²) in [5.41, 5.74) is -3.84. The molecule has 2 aromatic carbocycles. The van der Waals surface area contributed by atoms with Crippen molar-refractivity contribution in [2.24, 2.45) is 0 Å². The third kappa shape index (κ3) is 2.62. The monoisotopic (exact) mass is 467 g/mol. The van der Waals surface area contributed by atoms with Gasteiger partial charge in [0, 0.05) is 5.39 Å². The minimum Gasteiger partial charge on any atom is -0.374 e. The van der Waals surface area contributed by atoms with E-state index in [1.165, 1.54) is 0 Å². The number of halogens is 9. The van der Waals surface area contributed by atoms with E-state index in [1.807, 2.05) is 0 Å². The predicted octanol–water partition coefficient (Wildman–Crippen LogP) is 3.29. The Balaban J connectivity index is 2.56. The van der Waals surface area contributed by atoms with Gasteiger partial charge in [-0.15, -0.1) is 5.12 Å². The van der Waals surface area contributed by atoms with Crippen LogP contribution in [0, 0.1) is 29.1 Å². The van der Waals surface area contributed by atoms with Crippen LogP contribution >= 0.6 is 0 Å². The van der Waals surface area contributed by atoms with E-state index in [2.05, 4.69) is 4.18 Å². The van der Waals surface area contributed by atoms with Crippen molar-refractivity contribution in [3.63, 3.8) is 0 Å². The zero-order valence-electron chi connectivity index (χ0n) is 13.5. The molecule has 2 amide bonds. The van der Waals surface area contributed by atoms with Gasteiger partial charge >= 0.3 is 15.4 Å². The molecule has 2 aromatic rings. The third-order valence-corrected chi connectivity index (χ3v) is 5.14. The minimum absolute atomic E-state index is 1.54. The molecule has 0 bridgehead atoms. The van der Waals surface area contributed by atoms with Crippen LogP contribution in [-0.4, -0.2) is 37.3 Å². The molecule has 0 unspecified atom stereocenters. The molecule has 0 fully saturated rings. The maximum atomic E-state index is 14.3. The van der Waals surface area contributed by atoms with Gasteiger partial charge in [-0.1, -0.05) is 4.48 Å². The van der Waals surface area contributed by atoms with E-state index < -0.39 is 95.7 Å². The molecule has 0 N–H and O–H groups in total. The summed E-state index contributed by atoms with van der Waals surface area (Å²) in [7, 11) is -6.53. The highest BCUT2D eigenvalue weighted by molar-refractivity contribution is 7.88. The van der Waals surface area contributed by atoms with Crippen molar-refractivity contribution in [3.05, 3.63) is 40.2 Å². The third-order valence-electron chi connectivity index (χ3n) is 3.91. The number of alkyl halides is 3. The van der Waals surface area contributed by atoms with Crippen LogP contribution in [0.15, 0.2) is 0 Å². The van der Waals surface area contributed by atoms with Gasteiger partial charge in [-0.3, -0.25) is 9.59 Å². The first-order valence-electron chi connectivity index (χ1n) is 7.13. The number of amides is 2. The number of nitrogens with zero attached hydrogens (tertiary/aromatic N) is 1. The molecule has 0 saturated carbocycles. The summed E-state index contributed by atoms with van der Waals surface area (Å²) >= 11 is 0. The van der Waals surface area contributed by atoms with Gasteiger partial charge in [-0.2, -0.15) is 21.6 Å². The predicted molar refractivity (Wildman–Crippen MR) is 75.8 cm³/mol. The van der Waals surface area contributed by atoms with Gasteiger partial charge in [-0.05, 0) is 0 Å². The van der Waals surface area contributed by atoms with Crippen molar-refractivity contribution in [2.75, 3.05) is 6.67 Å². The van der Waals surface area contributed by atoms with Crippen LogP contribution in [0.5, 0.6) is 5.75 Å². The highest BCUT2D eigenvalue weighted by atomic mass is 32.2. The fraction of sp³-hybridized carbons (Fsp3) is 0.143. The van der Waals surface area contributed by atoms with Gasteiger partial charge < -0.3 is 4.18 Å². The van der Waals surface area contributed by atoms with Crippen molar-refractivity contribution in [1.82, 2.24) is 5.12 Å². The van der Waals surface area contributed by atoms with E-state index in [1.54, 1.807) is 0 Å². The van der Waals surface area contributed by atoms with Crippen molar-refractivity contribution in [3.8, 4) is 5.75 Å². The zero-order valence-corrected chi connectivity index (χ0v) is 14.3. The fourth-order valence-corrected chi connectivity index (χ4v) is 3.19. The van der Waals surface area contributed by atoms with Gasteiger partial charge in [0.25, 0.3) is 11.8 Å². The fourth-order valence-electron chi connectivity index (χ4n) is 2.56. The quantitative estimate of drug-likeness (QED) is 0.227. The first kappa shape index (κ1) is 21.7. The van der Waals surface area contributed by atoms with Crippen LogP contribution < -0.4 is 4.18 Å². The van der Waals surface area contributed by atoms with Crippen LogP contribution in [0.3, 0.4) is 0 Å². The average molecular weight is 467 g/mol. The molecule has 0 aliphatic carbocycles. The maximum absolute atomic E-state index is 14.3. The van der Waals surface area contributed by atoms with Gasteiger partial charge in [0.1, 0.15) is 0 Å². The maximum Gasteiger partial charge on any atom is 0.407 e. The second-order valence-corrected chi connectivity index (χ2v) is 7.27. The largest absolute Gasteiger partial charge is 0.407 e. The summed E-state index contributed by atoms with van der Waals surface area (Å²) in [5.74, 6) is -20.0. The first-order chi connectivity index (χ1) is 13.7. The summed E-state index contributed by atoms with van der Waals surface area (Å²) in [5, 5.41) is -10.6. The highest BCUT2D eigenvalue weighted by Crippen LogP contribution is 2.44. The lowest BCUT2D eigenvalue weighted by molar-refractivity contribution is 0.0170. The zero-order chi connectivity index (χ0) is 22.9. The Bertz CT molecular complexity index is 1260. The number of carbonyl (C=O) groups is 2. The number of carbonyl (C=O) groups excluding carboxylic acids is 2. The number of hydrogen-bond acceptors (Lipinski definition) is 5. The Kier molecular flexibility index (Phi) is 4.68. The molecule has 0 atom stereocenters. The van der Waals surface area contributed by atoms with Crippen molar-refractivity contribution in [1.29, 1.82) is 0 Å². The Morgan fingerprint density at radius 2 is 1.30 bits per heavy atom. The van der Waals surface area contributed by atoms with Crippen molar-refractivity contribution < 1.29 is 61.8 Å². The molecule has 0 spiro atoms. The van der Waals surface area contributed by atoms with E-state index in [9.17, 15) is 57.6 Å². The van der Waals surface area contributed by atoms with Gasteiger partial charge in [-0.25, -0.2) is 22.0 Å². The molecular formula is C14H2F9NO5S. The van der Waals surface area contributed by atoms with Crippen molar-refractivity contribution >= 4 is 32.7 Å². The molecule has 3 rings (SSSR count). The van der Waals surface area contributed by atoms with E-state index >= 15 is 0 Å². The summed E-state index contributed by atoms with van der Waals surface area (Å²) in [6, 6.07) is 0. The van der Waals surface area contributed by atoms with Gasteiger partial charge in [0.15, 0.2) is 35.7 Å².